The van der Waals surface area contributed by atoms with Gasteiger partial charge in [0.2, 0.25) is 11.8 Å². The number of aromatic nitrogens is 2. The highest BCUT2D eigenvalue weighted by atomic mass is 16.5. The minimum absolute atomic E-state index is 0.0439. The van der Waals surface area contributed by atoms with Gasteiger partial charge < -0.3 is 24.4 Å². The summed E-state index contributed by atoms with van der Waals surface area (Å²) in [6.45, 7) is 5.63. The quantitative estimate of drug-likeness (QED) is 0.673. The number of aliphatic hydroxyl groups excluding tert-OH is 1. The van der Waals surface area contributed by atoms with Crippen LogP contribution in [-0.2, 0) is 9.53 Å². The second kappa shape index (κ2) is 11.1. The molecular formula is C26H34N4O5. The third-order valence-corrected chi connectivity index (χ3v) is 6.92. The minimum atomic E-state index is -0.375. The van der Waals surface area contributed by atoms with Gasteiger partial charge in [-0.3, -0.25) is 14.6 Å². The molecule has 35 heavy (non-hydrogen) atoms. The molecule has 3 atom stereocenters. The van der Waals surface area contributed by atoms with Crippen LogP contribution in [0, 0.1) is 11.8 Å². The number of pyridine rings is 2. The summed E-state index contributed by atoms with van der Waals surface area (Å²) in [6, 6.07) is 5.12. The van der Waals surface area contributed by atoms with Gasteiger partial charge in [0.1, 0.15) is 11.7 Å². The Hall–Kier alpha value is -3.04. The van der Waals surface area contributed by atoms with Crippen LogP contribution < -0.4 is 4.74 Å². The minimum Gasteiger partial charge on any atom is -0.472 e. The second-order valence-electron chi connectivity index (χ2n) is 9.55. The molecule has 2 amide bonds. The summed E-state index contributed by atoms with van der Waals surface area (Å²) in [5.74, 6) is -0.0516. The van der Waals surface area contributed by atoms with Crippen LogP contribution in [0.4, 0.5) is 0 Å². The van der Waals surface area contributed by atoms with Crippen LogP contribution in [0.2, 0.25) is 0 Å². The number of likely N-dealkylation sites (N-methyl/N-ethyl adjacent to an activating group) is 1. The molecule has 0 spiro atoms. The maximum Gasteiger partial charge on any atom is 0.259 e. The zero-order valence-electron chi connectivity index (χ0n) is 20.6. The summed E-state index contributed by atoms with van der Waals surface area (Å²) < 4.78 is 11.7. The van der Waals surface area contributed by atoms with Crippen molar-refractivity contribution in [2.24, 2.45) is 11.8 Å². The topological polar surface area (TPSA) is 105 Å². The largest absolute Gasteiger partial charge is 0.472 e. The average molecular weight is 483 g/mol. The van der Waals surface area contributed by atoms with Crippen LogP contribution in [0.5, 0.6) is 5.88 Å². The lowest BCUT2D eigenvalue weighted by atomic mass is 9.97. The Morgan fingerprint density at radius 3 is 2.74 bits per heavy atom. The Bertz CT molecular complexity index is 1030. The van der Waals surface area contributed by atoms with Crippen molar-refractivity contribution < 1.29 is 24.2 Å². The van der Waals surface area contributed by atoms with E-state index in [4.69, 9.17) is 9.47 Å². The smallest absolute Gasteiger partial charge is 0.259 e. The molecule has 1 N–H and O–H groups in total. The van der Waals surface area contributed by atoms with Crippen molar-refractivity contribution in [2.75, 3.05) is 40.0 Å². The lowest BCUT2D eigenvalue weighted by Gasteiger charge is -2.38. The van der Waals surface area contributed by atoms with Gasteiger partial charge in [-0.25, -0.2) is 4.98 Å². The number of hydrogen-bond donors (Lipinski definition) is 1. The van der Waals surface area contributed by atoms with Gasteiger partial charge >= 0.3 is 0 Å². The third kappa shape index (κ3) is 5.62. The number of fused-ring (bicyclic) bond motifs is 1. The van der Waals surface area contributed by atoms with Crippen LogP contribution in [0.1, 0.15) is 37.0 Å². The van der Waals surface area contributed by atoms with Gasteiger partial charge in [-0.15, -0.1) is 0 Å². The van der Waals surface area contributed by atoms with Gasteiger partial charge in [-0.2, -0.15) is 0 Å². The molecule has 2 aliphatic rings. The lowest BCUT2D eigenvalue weighted by molar-refractivity contribution is -0.138. The number of aliphatic hydroxyl groups is 1. The van der Waals surface area contributed by atoms with Crippen LogP contribution in [-0.4, -0.2) is 88.8 Å². The molecule has 0 bridgehead atoms. The molecule has 0 unspecified atom stereocenters. The summed E-state index contributed by atoms with van der Waals surface area (Å²) >= 11 is 0. The summed E-state index contributed by atoms with van der Waals surface area (Å²) in [5, 5.41) is 9.85. The van der Waals surface area contributed by atoms with Gasteiger partial charge in [0.25, 0.3) is 5.91 Å². The van der Waals surface area contributed by atoms with Crippen LogP contribution in [0.25, 0.3) is 11.1 Å². The van der Waals surface area contributed by atoms with Crippen molar-refractivity contribution in [1.82, 2.24) is 19.8 Å². The molecule has 0 aliphatic carbocycles. The van der Waals surface area contributed by atoms with E-state index in [1.165, 1.54) is 0 Å². The number of ether oxygens (including phenoxy) is 2. The fourth-order valence-electron chi connectivity index (χ4n) is 4.63. The molecule has 188 valence electrons. The number of carbonyl (C=O) groups excluding carboxylic acids is 2. The molecule has 2 aromatic rings. The zero-order valence-corrected chi connectivity index (χ0v) is 20.6. The van der Waals surface area contributed by atoms with Crippen LogP contribution in [0.3, 0.4) is 0 Å². The third-order valence-electron chi connectivity index (χ3n) is 6.92. The predicted octanol–water partition coefficient (Wildman–Crippen LogP) is 2.25. The summed E-state index contributed by atoms with van der Waals surface area (Å²) in [6.07, 6.45) is 6.15. The van der Waals surface area contributed by atoms with Crippen molar-refractivity contribution in [1.29, 1.82) is 0 Å². The Morgan fingerprint density at radius 2 is 2.06 bits per heavy atom. The number of rotatable bonds is 6. The Morgan fingerprint density at radius 1 is 1.29 bits per heavy atom. The SMILES string of the molecule is C[C@@H]1CN([C@H](C)CO)C(=O)c2cc(-c3cccnc3)cnc2O[C@H]1CN(C)C(=O)C1CCOCC1. The molecule has 2 aromatic heterocycles. The number of hydrogen-bond acceptors (Lipinski definition) is 7. The lowest BCUT2D eigenvalue weighted by Crippen LogP contribution is -2.51. The molecule has 1 saturated heterocycles. The molecule has 2 aliphatic heterocycles. The number of carbonyl (C=O) groups is 2. The van der Waals surface area contributed by atoms with Gasteiger partial charge in [-0.05, 0) is 31.9 Å². The van der Waals surface area contributed by atoms with Crippen molar-refractivity contribution >= 4 is 11.8 Å². The van der Waals surface area contributed by atoms with Crippen LogP contribution in [0.15, 0.2) is 36.8 Å². The van der Waals surface area contributed by atoms with Crippen molar-refractivity contribution in [3.63, 3.8) is 0 Å². The monoisotopic (exact) mass is 482 g/mol. The normalized spacial score (nSPS) is 21.9. The fourth-order valence-corrected chi connectivity index (χ4v) is 4.63. The van der Waals surface area contributed by atoms with Gasteiger partial charge in [0, 0.05) is 68.4 Å². The van der Waals surface area contributed by atoms with Crippen molar-refractivity contribution in [3.8, 4) is 17.0 Å². The highest BCUT2D eigenvalue weighted by Crippen LogP contribution is 2.30. The number of amides is 2. The van der Waals surface area contributed by atoms with Crippen LogP contribution >= 0.6 is 0 Å². The zero-order chi connectivity index (χ0) is 24.9. The average Bonchev–Trinajstić information content (AvgIpc) is 2.90. The van der Waals surface area contributed by atoms with E-state index in [2.05, 4.69) is 9.97 Å². The van der Waals surface area contributed by atoms with Crippen molar-refractivity contribution in [3.05, 3.63) is 42.4 Å². The molecule has 4 rings (SSSR count). The molecule has 9 nitrogen and oxygen atoms in total. The first-order valence-corrected chi connectivity index (χ1v) is 12.2. The molecule has 0 saturated carbocycles. The molecule has 4 heterocycles. The van der Waals surface area contributed by atoms with E-state index in [0.29, 0.717) is 31.9 Å². The first kappa shape index (κ1) is 25.1. The van der Waals surface area contributed by atoms with E-state index >= 15 is 0 Å². The molecule has 1 fully saturated rings. The Labute approximate surface area is 206 Å². The van der Waals surface area contributed by atoms with Gasteiger partial charge in [0.15, 0.2) is 0 Å². The number of nitrogens with zero attached hydrogens (tertiary/aromatic N) is 4. The first-order chi connectivity index (χ1) is 16.9. The predicted molar refractivity (Wildman–Crippen MR) is 130 cm³/mol. The highest BCUT2D eigenvalue weighted by molar-refractivity contribution is 5.98. The molecule has 0 radical (unpaired) electrons. The second-order valence-corrected chi connectivity index (χ2v) is 9.55. The first-order valence-electron chi connectivity index (χ1n) is 12.2. The highest BCUT2D eigenvalue weighted by Gasteiger charge is 2.35. The van der Waals surface area contributed by atoms with E-state index in [1.54, 1.807) is 41.5 Å². The Kier molecular flexibility index (Phi) is 7.97. The van der Waals surface area contributed by atoms with E-state index in [9.17, 15) is 14.7 Å². The fraction of sp³-hybridized carbons (Fsp3) is 0.538. The summed E-state index contributed by atoms with van der Waals surface area (Å²) in [4.78, 5) is 38.7. The van der Waals surface area contributed by atoms with Gasteiger partial charge in [0.05, 0.1) is 19.2 Å². The molecule has 0 aromatic carbocycles. The Balaban J connectivity index is 1.64. The summed E-state index contributed by atoms with van der Waals surface area (Å²) in [7, 11) is 1.80. The maximum absolute atomic E-state index is 13.6. The molecular weight excluding hydrogens is 448 g/mol. The van der Waals surface area contributed by atoms with E-state index in [-0.39, 0.29) is 48.3 Å². The van der Waals surface area contributed by atoms with E-state index in [0.717, 1.165) is 24.0 Å². The summed E-state index contributed by atoms with van der Waals surface area (Å²) in [5.41, 5.74) is 1.93. The maximum atomic E-state index is 13.6. The van der Waals surface area contributed by atoms with E-state index < -0.39 is 0 Å². The standard InChI is InChI=1S/C26H34N4O5/c1-17-14-30(18(2)16-31)26(33)22-11-21(20-5-4-8-27-12-20)13-28-24(22)35-23(17)15-29(3)25(32)19-6-9-34-10-7-19/h4-5,8,11-13,17-19,23,31H,6-7,9-10,14-16H2,1-3H3/t17-,18-,23+/m1/s1. The van der Waals surface area contributed by atoms with Crippen molar-refractivity contribution in [2.45, 2.75) is 38.8 Å². The molecule has 9 heteroatoms. The van der Waals surface area contributed by atoms with E-state index in [1.807, 2.05) is 26.0 Å². The van der Waals surface area contributed by atoms with Gasteiger partial charge in [-0.1, -0.05) is 13.0 Å².